The molecular weight excluding hydrogens is 164 g/mol. The van der Waals surface area contributed by atoms with Gasteiger partial charge in [-0.3, -0.25) is 4.18 Å². The standard InChI is InChI=1S/C3H8O4S2/c1-6-9(4,5)7-2-3-8/h8H,2-3H2,1H3. The van der Waals surface area contributed by atoms with Crippen LogP contribution < -0.4 is 0 Å². The van der Waals surface area contributed by atoms with Gasteiger partial charge in [0.05, 0.1) is 13.7 Å². The monoisotopic (exact) mass is 172 g/mol. The van der Waals surface area contributed by atoms with Crippen LogP contribution >= 0.6 is 12.6 Å². The van der Waals surface area contributed by atoms with Crippen molar-refractivity contribution in [2.45, 2.75) is 0 Å². The normalized spacial score (nSPS) is 11.8. The fourth-order valence-corrected chi connectivity index (χ4v) is 0.786. The summed E-state index contributed by atoms with van der Waals surface area (Å²) >= 11 is 3.73. The zero-order chi connectivity index (χ0) is 7.33. The SMILES string of the molecule is COS(=O)(=O)OCCS. The van der Waals surface area contributed by atoms with Crippen molar-refractivity contribution in [2.24, 2.45) is 0 Å². The van der Waals surface area contributed by atoms with E-state index in [1.807, 2.05) is 0 Å². The van der Waals surface area contributed by atoms with E-state index in [-0.39, 0.29) is 6.61 Å². The van der Waals surface area contributed by atoms with Gasteiger partial charge in [-0.1, -0.05) is 0 Å². The molecule has 0 aliphatic heterocycles. The summed E-state index contributed by atoms with van der Waals surface area (Å²) in [6.45, 7) is 0.0410. The molecule has 0 N–H and O–H groups in total. The highest BCUT2D eigenvalue weighted by Gasteiger charge is 2.05. The largest absolute Gasteiger partial charge is 0.399 e. The first-order valence-electron chi connectivity index (χ1n) is 2.18. The molecule has 0 heterocycles. The molecule has 0 aliphatic carbocycles. The Hall–Kier alpha value is 0.220. The van der Waals surface area contributed by atoms with E-state index >= 15 is 0 Å². The zero-order valence-corrected chi connectivity index (χ0v) is 6.61. The summed E-state index contributed by atoms with van der Waals surface area (Å²) in [7, 11) is -2.69. The molecule has 0 aromatic rings. The molecule has 0 spiro atoms. The van der Waals surface area contributed by atoms with Gasteiger partial charge in [0, 0.05) is 5.75 Å². The average Bonchev–Trinajstić information content (AvgIpc) is 1.84. The highest BCUT2D eigenvalue weighted by Crippen LogP contribution is 1.92. The second-order valence-corrected chi connectivity index (χ2v) is 2.95. The molecular formula is C3H8O4S2. The smallest absolute Gasteiger partial charge is 0.252 e. The number of rotatable bonds is 4. The van der Waals surface area contributed by atoms with E-state index in [0.717, 1.165) is 7.11 Å². The van der Waals surface area contributed by atoms with Gasteiger partial charge in [0.1, 0.15) is 0 Å². The van der Waals surface area contributed by atoms with Gasteiger partial charge < -0.3 is 0 Å². The van der Waals surface area contributed by atoms with Gasteiger partial charge in [0.25, 0.3) is 0 Å². The summed E-state index contributed by atoms with van der Waals surface area (Å²) in [6, 6.07) is 0. The molecule has 0 saturated heterocycles. The molecule has 0 fully saturated rings. The predicted octanol–water partition coefficient (Wildman–Crippen LogP) is -0.176. The van der Waals surface area contributed by atoms with Gasteiger partial charge in [-0.15, -0.1) is 0 Å². The zero-order valence-electron chi connectivity index (χ0n) is 4.90. The van der Waals surface area contributed by atoms with Gasteiger partial charge in [-0.25, -0.2) is 4.18 Å². The van der Waals surface area contributed by atoms with Crippen LogP contribution in [0.15, 0.2) is 0 Å². The van der Waals surface area contributed by atoms with Crippen molar-refractivity contribution in [1.29, 1.82) is 0 Å². The highest BCUT2D eigenvalue weighted by molar-refractivity contribution is 7.82. The van der Waals surface area contributed by atoms with Crippen molar-refractivity contribution >= 4 is 23.0 Å². The number of hydrogen-bond donors (Lipinski definition) is 1. The third-order valence-electron chi connectivity index (χ3n) is 0.523. The van der Waals surface area contributed by atoms with Crippen molar-refractivity contribution < 1.29 is 16.8 Å². The van der Waals surface area contributed by atoms with Crippen LogP contribution in [0.2, 0.25) is 0 Å². The minimum absolute atomic E-state index is 0.0410. The molecule has 0 atom stereocenters. The maximum atomic E-state index is 10.3. The van der Waals surface area contributed by atoms with Gasteiger partial charge >= 0.3 is 10.4 Å². The van der Waals surface area contributed by atoms with Gasteiger partial charge in [0.2, 0.25) is 0 Å². The first-order valence-corrected chi connectivity index (χ1v) is 4.15. The first-order chi connectivity index (χ1) is 4.12. The molecule has 56 valence electrons. The fourth-order valence-electron chi connectivity index (χ4n) is 0.187. The Morgan fingerprint density at radius 2 is 2.11 bits per heavy atom. The molecule has 9 heavy (non-hydrogen) atoms. The van der Waals surface area contributed by atoms with Crippen molar-refractivity contribution in [1.82, 2.24) is 0 Å². The first kappa shape index (κ1) is 9.22. The summed E-state index contributed by atoms with van der Waals surface area (Å²) in [5, 5.41) is 0. The maximum Gasteiger partial charge on any atom is 0.399 e. The van der Waals surface area contributed by atoms with Gasteiger partial charge in [-0.05, 0) is 0 Å². The van der Waals surface area contributed by atoms with E-state index in [9.17, 15) is 8.42 Å². The van der Waals surface area contributed by atoms with Crippen LogP contribution in [0.4, 0.5) is 0 Å². The minimum Gasteiger partial charge on any atom is -0.252 e. The van der Waals surface area contributed by atoms with Crippen LogP contribution in [0.3, 0.4) is 0 Å². The lowest BCUT2D eigenvalue weighted by atomic mass is 10.9. The molecule has 0 aliphatic rings. The van der Waals surface area contributed by atoms with E-state index in [1.165, 1.54) is 0 Å². The molecule has 0 rings (SSSR count). The number of hydrogen-bond acceptors (Lipinski definition) is 5. The summed E-state index contributed by atoms with van der Waals surface area (Å²) in [4.78, 5) is 0. The van der Waals surface area contributed by atoms with Crippen molar-refractivity contribution in [3.05, 3.63) is 0 Å². The summed E-state index contributed by atoms with van der Waals surface area (Å²) in [5.41, 5.74) is 0. The Labute approximate surface area is 59.9 Å². The lowest BCUT2D eigenvalue weighted by Crippen LogP contribution is -2.08. The van der Waals surface area contributed by atoms with E-state index in [0.29, 0.717) is 5.75 Å². The van der Waals surface area contributed by atoms with Crippen LogP contribution in [0.1, 0.15) is 0 Å². The lowest BCUT2D eigenvalue weighted by molar-refractivity contribution is 0.256. The summed E-state index contributed by atoms with van der Waals surface area (Å²) in [5.74, 6) is 0.350. The fraction of sp³-hybridized carbons (Fsp3) is 1.00. The van der Waals surface area contributed by atoms with Crippen LogP contribution in [-0.2, 0) is 18.8 Å². The van der Waals surface area contributed by atoms with Crippen molar-refractivity contribution in [3.63, 3.8) is 0 Å². The molecule has 0 saturated carbocycles. The second-order valence-electron chi connectivity index (χ2n) is 1.12. The third kappa shape index (κ3) is 4.71. The van der Waals surface area contributed by atoms with Crippen LogP contribution in [0.5, 0.6) is 0 Å². The van der Waals surface area contributed by atoms with Gasteiger partial charge in [0.15, 0.2) is 0 Å². The van der Waals surface area contributed by atoms with Crippen molar-refractivity contribution in [3.8, 4) is 0 Å². The molecule has 0 aromatic heterocycles. The quantitative estimate of drug-likeness (QED) is 0.598. The summed E-state index contributed by atoms with van der Waals surface area (Å²) in [6.07, 6.45) is 0. The third-order valence-corrected chi connectivity index (χ3v) is 1.57. The van der Waals surface area contributed by atoms with Gasteiger partial charge in [-0.2, -0.15) is 21.0 Å². The summed E-state index contributed by atoms with van der Waals surface area (Å²) < 4.78 is 28.7. The van der Waals surface area contributed by atoms with Crippen LogP contribution in [0, 0.1) is 0 Å². The molecule has 0 aromatic carbocycles. The van der Waals surface area contributed by atoms with E-state index in [4.69, 9.17) is 0 Å². The Bertz CT molecular complexity index is 149. The van der Waals surface area contributed by atoms with Crippen LogP contribution in [-0.4, -0.2) is 27.9 Å². The minimum atomic E-state index is -3.73. The van der Waals surface area contributed by atoms with Crippen LogP contribution in [0.25, 0.3) is 0 Å². The molecule has 0 radical (unpaired) electrons. The van der Waals surface area contributed by atoms with E-state index < -0.39 is 10.4 Å². The Morgan fingerprint density at radius 3 is 2.44 bits per heavy atom. The van der Waals surface area contributed by atoms with E-state index in [2.05, 4.69) is 21.0 Å². The highest BCUT2D eigenvalue weighted by atomic mass is 32.3. The Morgan fingerprint density at radius 1 is 1.56 bits per heavy atom. The lowest BCUT2D eigenvalue weighted by Gasteiger charge is -1.97. The topological polar surface area (TPSA) is 52.6 Å². The Kier molecular flexibility index (Phi) is 4.20. The molecule has 4 nitrogen and oxygen atoms in total. The predicted molar refractivity (Wildman–Crippen MR) is 35.7 cm³/mol. The Balaban J connectivity index is 3.61. The molecule has 0 unspecified atom stereocenters. The average molecular weight is 172 g/mol. The van der Waals surface area contributed by atoms with E-state index in [1.54, 1.807) is 0 Å². The molecule has 0 amide bonds. The van der Waals surface area contributed by atoms with Crippen molar-refractivity contribution in [2.75, 3.05) is 19.5 Å². The second kappa shape index (κ2) is 4.10. The molecule has 0 bridgehead atoms. The number of thiol groups is 1. The maximum absolute atomic E-state index is 10.3. The molecule has 6 heteroatoms.